The van der Waals surface area contributed by atoms with Crippen LogP contribution in [0.5, 0.6) is 0 Å². The Morgan fingerprint density at radius 1 is 1.10 bits per heavy atom. The number of hydrogen-bond acceptors (Lipinski definition) is 4. The fourth-order valence-corrected chi connectivity index (χ4v) is 3.75. The van der Waals surface area contributed by atoms with E-state index in [1.54, 1.807) is 4.90 Å². The largest absolute Gasteiger partial charge is 0.480 e. The van der Waals surface area contributed by atoms with Gasteiger partial charge in [-0.2, -0.15) is 0 Å². The maximum atomic E-state index is 13.1. The van der Waals surface area contributed by atoms with Crippen LogP contribution in [0.2, 0.25) is 0 Å². The first-order valence-corrected chi connectivity index (χ1v) is 9.21. The molecule has 1 saturated heterocycles. The van der Waals surface area contributed by atoms with Gasteiger partial charge in [0.2, 0.25) is 11.8 Å². The summed E-state index contributed by atoms with van der Waals surface area (Å²) in [6.45, 7) is 1.19. The highest BCUT2D eigenvalue weighted by Gasteiger charge is 2.46. The van der Waals surface area contributed by atoms with E-state index in [1.165, 1.54) is 31.2 Å². The van der Waals surface area contributed by atoms with Gasteiger partial charge in [0.25, 0.3) is 0 Å². The van der Waals surface area contributed by atoms with Crippen LogP contribution in [-0.4, -0.2) is 46.4 Å². The first-order valence-electron chi connectivity index (χ1n) is 9.21. The van der Waals surface area contributed by atoms with Crippen LogP contribution < -0.4 is 10.6 Å². The standard InChI is InChI=1S/C21H22FN3O4/c1-13(26)23-17-11-18(21(28)29)25(20(17)14-5-3-2-4-6-14)12-19(27)24-16-9-7-15(22)8-10-16/h2-10,17-18,20H,11-12H2,1H3,(H,23,26)(H,24,27)(H,28,29)/t17-,18-,20-/m0/s1. The molecule has 0 aromatic heterocycles. The molecule has 2 aromatic rings. The van der Waals surface area contributed by atoms with Crippen LogP contribution in [0, 0.1) is 5.82 Å². The van der Waals surface area contributed by atoms with Gasteiger partial charge >= 0.3 is 5.97 Å². The van der Waals surface area contributed by atoms with Gasteiger partial charge < -0.3 is 15.7 Å². The van der Waals surface area contributed by atoms with Crippen molar-refractivity contribution in [1.82, 2.24) is 10.2 Å². The molecule has 3 atom stereocenters. The third-order valence-electron chi connectivity index (χ3n) is 4.88. The highest BCUT2D eigenvalue weighted by molar-refractivity contribution is 5.92. The molecule has 1 fully saturated rings. The lowest BCUT2D eigenvalue weighted by atomic mass is 9.99. The molecule has 7 nitrogen and oxygen atoms in total. The normalized spacial score (nSPS) is 21.5. The molecule has 2 aromatic carbocycles. The lowest BCUT2D eigenvalue weighted by Crippen LogP contribution is -2.44. The van der Waals surface area contributed by atoms with Gasteiger partial charge in [0.1, 0.15) is 11.9 Å². The number of anilines is 1. The lowest BCUT2D eigenvalue weighted by Gasteiger charge is -2.30. The van der Waals surface area contributed by atoms with E-state index in [0.29, 0.717) is 5.69 Å². The van der Waals surface area contributed by atoms with E-state index in [-0.39, 0.29) is 18.9 Å². The number of carboxylic acid groups (broad SMARTS) is 1. The molecule has 0 unspecified atom stereocenters. The first-order chi connectivity index (χ1) is 13.8. The van der Waals surface area contributed by atoms with Crippen molar-refractivity contribution in [2.45, 2.75) is 31.5 Å². The second kappa shape index (κ2) is 8.83. The van der Waals surface area contributed by atoms with Gasteiger partial charge in [-0.1, -0.05) is 30.3 Å². The van der Waals surface area contributed by atoms with E-state index in [4.69, 9.17) is 0 Å². The van der Waals surface area contributed by atoms with E-state index in [9.17, 15) is 23.9 Å². The quantitative estimate of drug-likeness (QED) is 0.692. The Morgan fingerprint density at radius 3 is 2.34 bits per heavy atom. The van der Waals surface area contributed by atoms with Gasteiger partial charge in [-0.25, -0.2) is 4.39 Å². The summed E-state index contributed by atoms with van der Waals surface area (Å²) in [6.07, 6.45) is 0.179. The van der Waals surface area contributed by atoms with E-state index < -0.39 is 35.8 Å². The Kier molecular flexibility index (Phi) is 6.23. The Morgan fingerprint density at radius 2 is 1.76 bits per heavy atom. The number of hydrogen-bond donors (Lipinski definition) is 3. The minimum atomic E-state index is -1.06. The molecule has 1 aliphatic rings. The molecule has 8 heteroatoms. The van der Waals surface area contributed by atoms with Gasteiger partial charge in [-0.05, 0) is 36.2 Å². The van der Waals surface area contributed by atoms with Crippen molar-refractivity contribution in [1.29, 1.82) is 0 Å². The molecule has 2 amide bonds. The van der Waals surface area contributed by atoms with E-state index in [1.807, 2.05) is 30.3 Å². The summed E-state index contributed by atoms with van der Waals surface area (Å²) in [5.74, 6) is -2.17. The zero-order valence-corrected chi connectivity index (χ0v) is 15.8. The van der Waals surface area contributed by atoms with E-state index >= 15 is 0 Å². The molecule has 0 bridgehead atoms. The maximum absolute atomic E-state index is 13.1. The molecule has 29 heavy (non-hydrogen) atoms. The summed E-state index contributed by atoms with van der Waals surface area (Å²) >= 11 is 0. The topological polar surface area (TPSA) is 98.7 Å². The third kappa shape index (κ3) is 4.97. The average molecular weight is 399 g/mol. The van der Waals surface area contributed by atoms with Gasteiger partial charge in [-0.15, -0.1) is 0 Å². The predicted molar refractivity (Wildman–Crippen MR) is 105 cm³/mol. The summed E-state index contributed by atoms with van der Waals surface area (Å²) < 4.78 is 13.1. The van der Waals surface area contributed by atoms with Gasteiger partial charge in [-0.3, -0.25) is 19.3 Å². The number of benzene rings is 2. The highest BCUT2D eigenvalue weighted by Crippen LogP contribution is 2.36. The number of halogens is 1. The lowest BCUT2D eigenvalue weighted by molar-refractivity contribution is -0.143. The van der Waals surface area contributed by atoms with Crippen LogP contribution in [0.1, 0.15) is 24.9 Å². The van der Waals surface area contributed by atoms with Crippen molar-refractivity contribution in [3.63, 3.8) is 0 Å². The first kappa shape index (κ1) is 20.5. The fraction of sp³-hybridized carbons (Fsp3) is 0.286. The molecular weight excluding hydrogens is 377 g/mol. The number of nitrogens with one attached hydrogen (secondary N) is 2. The van der Waals surface area contributed by atoms with E-state index in [2.05, 4.69) is 10.6 Å². The summed E-state index contributed by atoms with van der Waals surface area (Å²) in [6, 6.07) is 12.6. The molecule has 0 spiro atoms. The van der Waals surface area contributed by atoms with Gasteiger partial charge in [0.15, 0.2) is 0 Å². The number of carbonyl (C=O) groups excluding carboxylic acids is 2. The monoisotopic (exact) mass is 399 g/mol. The van der Waals surface area contributed by atoms with Crippen LogP contribution >= 0.6 is 0 Å². The van der Waals surface area contributed by atoms with Crippen LogP contribution in [-0.2, 0) is 14.4 Å². The number of carbonyl (C=O) groups is 3. The third-order valence-corrected chi connectivity index (χ3v) is 4.88. The number of amides is 2. The van der Waals surface area contributed by atoms with Crippen LogP contribution in [0.3, 0.4) is 0 Å². The second-order valence-electron chi connectivity index (χ2n) is 6.98. The zero-order chi connectivity index (χ0) is 21.0. The van der Waals surface area contributed by atoms with Gasteiger partial charge in [0, 0.05) is 12.6 Å². The Bertz CT molecular complexity index is 889. The Labute approximate surface area is 167 Å². The molecule has 3 rings (SSSR count). The van der Waals surface area contributed by atoms with Gasteiger partial charge in [0.05, 0.1) is 18.6 Å². The van der Waals surface area contributed by atoms with Crippen LogP contribution in [0.25, 0.3) is 0 Å². The van der Waals surface area contributed by atoms with Crippen LogP contribution in [0.4, 0.5) is 10.1 Å². The van der Waals surface area contributed by atoms with Crippen LogP contribution in [0.15, 0.2) is 54.6 Å². The Hall–Kier alpha value is -3.26. The molecule has 152 valence electrons. The number of aliphatic carboxylic acids is 1. The smallest absolute Gasteiger partial charge is 0.321 e. The van der Waals surface area contributed by atoms with Crippen molar-refractivity contribution in [3.05, 3.63) is 66.0 Å². The molecule has 0 radical (unpaired) electrons. The molecule has 0 aliphatic carbocycles. The molecule has 1 aliphatic heterocycles. The van der Waals surface area contributed by atoms with Crippen molar-refractivity contribution in [2.75, 3.05) is 11.9 Å². The second-order valence-corrected chi connectivity index (χ2v) is 6.98. The van der Waals surface area contributed by atoms with Crippen molar-refractivity contribution in [3.8, 4) is 0 Å². The Balaban J connectivity index is 1.86. The summed E-state index contributed by atoms with van der Waals surface area (Å²) in [5, 5.41) is 15.2. The molecule has 1 heterocycles. The summed E-state index contributed by atoms with van der Waals surface area (Å²) in [5.41, 5.74) is 1.22. The number of rotatable bonds is 6. The zero-order valence-electron chi connectivity index (χ0n) is 15.8. The summed E-state index contributed by atoms with van der Waals surface area (Å²) in [7, 11) is 0. The van der Waals surface area contributed by atoms with Crippen molar-refractivity contribution >= 4 is 23.5 Å². The number of likely N-dealkylation sites (tertiary alicyclic amines) is 1. The molecule has 3 N–H and O–H groups in total. The van der Waals surface area contributed by atoms with Crippen molar-refractivity contribution in [2.24, 2.45) is 0 Å². The summed E-state index contributed by atoms with van der Waals surface area (Å²) in [4.78, 5) is 37.7. The molecule has 0 saturated carbocycles. The minimum absolute atomic E-state index is 0.179. The number of nitrogens with zero attached hydrogens (tertiary/aromatic N) is 1. The molecular formula is C21H22FN3O4. The SMILES string of the molecule is CC(=O)N[C@H]1C[C@@H](C(=O)O)N(CC(=O)Nc2ccc(F)cc2)[C@H]1c1ccccc1. The average Bonchev–Trinajstić information content (AvgIpc) is 3.01. The maximum Gasteiger partial charge on any atom is 0.321 e. The van der Waals surface area contributed by atoms with Crippen molar-refractivity contribution < 1.29 is 23.9 Å². The highest BCUT2D eigenvalue weighted by atomic mass is 19.1. The number of carboxylic acids is 1. The fourth-order valence-electron chi connectivity index (χ4n) is 3.75. The predicted octanol–water partition coefficient (Wildman–Crippen LogP) is 2.17. The van der Waals surface area contributed by atoms with E-state index in [0.717, 1.165) is 5.56 Å². The minimum Gasteiger partial charge on any atom is -0.480 e.